The Kier molecular flexibility index (Phi) is 7.75. The van der Waals surface area contributed by atoms with Gasteiger partial charge in [0.1, 0.15) is 5.69 Å². The van der Waals surface area contributed by atoms with Crippen LogP contribution in [-0.4, -0.2) is 51.7 Å². The third-order valence-corrected chi connectivity index (χ3v) is 4.12. The van der Waals surface area contributed by atoms with Gasteiger partial charge in [0.2, 0.25) is 0 Å². The van der Waals surface area contributed by atoms with Crippen molar-refractivity contribution in [2.75, 3.05) is 26.2 Å². The topological polar surface area (TPSA) is 103 Å². The Hall–Kier alpha value is -2.94. The lowest BCUT2D eigenvalue weighted by Gasteiger charge is -2.17. The molecule has 1 aromatic heterocycles. The molecular weight excluding hydrogens is 350 g/mol. The maximum absolute atomic E-state index is 12.1. The van der Waals surface area contributed by atoms with Gasteiger partial charge in [0, 0.05) is 18.8 Å². The molecule has 0 aliphatic heterocycles. The van der Waals surface area contributed by atoms with Gasteiger partial charge in [-0.05, 0) is 38.2 Å². The zero-order chi connectivity index (χ0) is 19.6. The van der Waals surface area contributed by atoms with Crippen molar-refractivity contribution >= 4 is 11.6 Å². The molecule has 1 heterocycles. The molecule has 0 saturated heterocycles. The van der Waals surface area contributed by atoms with Crippen LogP contribution in [0.1, 0.15) is 30.8 Å². The Labute approximate surface area is 158 Å². The van der Waals surface area contributed by atoms with Crippen molar-refractivity contribution in [1.29, 1.82) is 0 Å². The van der Waals surface area contributed by atoms with E-state index < -0.39 is 4.92 Å². The summed E-state index contributed by atoms with van der Waals surface area (Å²) < 4.78 is 6.87. The minimum atomic E-state index is -0.504. The van der Waals surface area contributed by atoms with E-state index in [1.54, 1.807) is 24.4 Å². The van der Waals surface area contributed by atoms with Crippen LogP contribution in [0.3, 0.4) is 0 Å². The lowest BCUT2D eigenvalue weighted by Crippen LogP contribution is -2.30. The predicted molar refractivity (Wildman–Crippen MR) is 101 cm³/mol. The van der Waals surface area contributed by atoms with Crippen molar-refractivity contribution in [2.24, 2.45) is 0 Å². The zero-order valence-corrected chi connectivity index (χ0v) is 15.6. The highest BCUT2D eigenvalue weighted by molar-refractivity contribution is 5.92. The Morgan fingerprint density at radius 1 is 1.30 bits per heavy atom. The highest BCUT2D eigenvalue weighted by Crippen LogP contribution is 2.25. The Bertz CT molecular complexity index is 758. The summed E-state index contributed by atoms with van der Waals surface area (Å²) in [5.41, 5.74) is 0.167. The summed E-state index contributed by atoms with van der Waals surface area (Å²) in [5.74, 6) is -0.0978. The summed E-state index contributed by atoms with van der Waals surface area (Å²) in [7, 11) is 0. The van der Waals surface area contributed by atoms with Gasteiger partial charge in [-0.25, -0.2) is 4.68 Å². The number of aromatic nitrogens is 2. The average molecular weight is 375 g/mol. The summed E-state index contributed by atoms with van der Waals surface area (Å²) in [4.78, 5) is 24.9. The first kappa shape index (κ1) is 20.4. The van der Waals surface area contributed by atoms with E-state index in [1.165, 1.54) is 16.8 Å². The number of nitrogens with zero attached hydrogens (tertiary/aromatic N) is 4. The fraction of sp³-hybridized carbons (Fsp3) is 0.444. The van der Waals surface area contributed by atoms with Crippen molar-refractivity contribution in [1.82, 2.24) is 20.0 Å². The van der Waals surface area contributed by atoms with Crippen LogP contribution < -0.4 is 10.1 Å². The largest absolute Gasteiger partial charge is 0.464 e. The lowest BCUT2D eigenvalue weighted by molar-refractivity contribution is -0.386. The monoisotopic (exact) mass is 375 g/mol. The summed E-state index contributed by atoms with van der Waals surface area (Å²) in [5, 5.41) is 18.0. The maximum Gasteiger partial charge on any atom is 0.311 e. The van der Waals surface area contributed by atoms with E-state index in [1.807, 2.05) is 0 Å². The van der Waals surface area contributed by atoms with Crippen LogP contribution in [0.15, 0.2) is 36.5 Å². The van der Waals surface area contributed by atoms with Gasteiger partial charge in [-0.1, -0.05) is 26.0 Å². The minimum Gasteiger partial charge on any atom is -0.464 e. The number of ether oxygens (including phenoxy) is 1. The normalized spacial score (nSPS) is 10.8. The zero-order valence-electron chi connectivity index (χ0n) is 15.6. The summed E-state index contributed by atoms with van der Waals surface area (Å²) in [6, 6.07) is 7.70. The van der Waals surface area contributed by atoms with E-state index in [0.29, 0.717) is 6.54 Å². The number of carbonyl (C=O) groups excluding carboxylic acids is 1. The molecule has 146 valence electrons. The molecule has 9 nitrogen and oxygen atoms in total. The number of rotatable bonds is 11. The Balaban J connectivity index is 1.82. The number of hydrogen-bond donors (Lipinski definition) is 1. The molecule has 1 amide bonds. The van der Waals surface area contributed by atoms with E-state index in [-0.39, 0.29) is 29.8 Å². The van der Waals surface area contributed by atoms with E-state index in [2.05, 4.69) is 29.2 Å². The second kappa shape index (κ2) is 10.3. The molecule has 0 aliphatic carbocycles. The molecule has 2 rings (SSSR count). The number of nitro groups is 1. The third kappa shape index (κ3) is 6.07. The van der Waals surface area contributed by atoms with Crippen LogP contribution in [-0.2, 0) is 6.73 Å². The number of nitrogens with one attached hydrogen (secondary N) is 1. The second-order valence-corrected chi connectivity index (χ2v) is 5.88. The molecule has 9 heteroatoms. The summed E-state index contributed by atoms with van der Waals surface area (Å²) in [6.45, 7) is 7.70. The standard InChI is InChI=1S/C18H25N5O4/c1-3-21(4-2)12-7-11-19-18(24)15-10-13-22(20-15)14-27-17-9-6-5-8-16(17)23(25)26/h5-6,8-10,13H,3-4,7,11-12,14H2,1-2H3,(H,19,24). The first-order valence-electron chi connectivity index (χ1n) is 8.95. The quantitative estimate of drug-likeness (QED) is 0.367. The number of hydrogen-bond acceptors (Lipinski definition) is 6. The average Bonchev–Trinajstić information content (AvgIpc) is 3.15. The van der Waals surface area contributed by atoms with Gasteiger partial charge in [0.15, 0.2) is 12.5 Å². The molecule has 0 unspecified atom stereocenters. The van der Waals surface area contributed by atoms with Gasteiger partial charge < -0.3 is 15.0 Å². The first-order chi connectivity index (χ1) is 13.0. The van der Waals surface area contributed by atoms with Crippen LogP contribution in [0, 0.1) is 10.1 Å². The second-order valence-electron chi connectivity index (χ2n) is 5.88. The van der Waals surface area contributed by atoms with Crippen molar-refractivity contribution < 1.29 is 14.5 Å². The first-order valence-corrected chi connectivity index (χ1v) is 8.95. The van der Waals surface area contributed by atoms with Crippen LogP contribution in [0.25, 0.3) is 0 Å². The molecule has 1 N–H and O–H groups in total. The van der Waals surface area contributed by atoms with E-state index >= 15 is 0 Å². The molecule has 2 aromatic rings. The van der Waals surface area contributed by atoms with Gasteiger partial charge in [-0.2, -0.15) is 5.10 Å². The fourth-order valence-electron chi connectivity index (χ4n) is 2.56. The molecule has 0 spiro atoms. The summed E-state index contributed by atoms with van der Waals surface area (Å²) in [6.07, 6.45) is 2.47. The lowest BCUT2D eigenvalue weighted by atomic mass is 10.3. The van der Waals surface area contributed by atoms with Crippen LogP contribution in [0.2, 0.25) is 0 Å². The molecule has 0 bridgehead atoms. The molecule has 1 aromatic carbocycles. The summed E-state index contributed by atoms with van der Waals surface area (Å²) >= 11 is 0. The fourth-order valence-corrected chi connectivity index (χ4v) is 2.56. The van der Waals surface area contributed by atoms with Gasteiger partial charge in [-0.3, -0.25) is 14.9 Å². The van der Waals surface area contributed by atoms with Crippen molar-refractivity contribution in [3.05, 3.63) is 52.3 Å². The number of para-hydroxylation sites is 2. The number of carbonyl (C=O) groups is 1. The Morgan fingerprint density at radius 2 is 2.04 bits per heavy atom. The van der Waals surface area contributed by atoms with Gasteiger partial charge in [0.25, 0.3) is 5.91 Å². The van der Waals surface area contributed by atoms with Gasteiger partial charge in [-0.15, -0.1) is 0 Å². The van der Waals surface area contributed by atoms with Crippen molar-refractivity contribution in [3.8, 4) is 5.75 Å². The maximum atomic E-state index is 12.1. The predicted octanol–water partition coefficient (Wildman–Crippen LogP) is 2.29. The smallest absolute Gasteiger partial charge is 0.311 e. The molecule has 27 heavy (non-hydrogen) atoms. The molecular formula is C18H25N5O4. The van der Waals surface area contributed by atoms with Crippen LogP contribution in [0.5, 0.6) is 5.75 Å². The van der Waals surface area contributed by atoms with E-state index in [0.717, 1.165) is 26.1 Å². The van der Waals surface area contributed by atoms with Crippen LogP contribution >= 0.6 is 0 Å². The SMILES string of the molecule is CCN(CC)CCCNC(=O)c1ccn(COc2ccccc2[N+](=O)[O-])n1. The van der Waals surface area contributed by atoms with Crippen molar-refractivity contribution in [3.63, 3.8) is 0 Å². The third-order valence-electron chi connectivity index (χ3n) is 4.12. The minimum absolute atomic E-state index is 0.0277. The molecule has 0 aliphatic rings. The number of benzene rings is 1. The van der Waals surface area contributed by atoms with E-state index in [4.69, 9.17) is 4.74 Å². The molecule has 0 atom stereocenters. The molecule has 0 radical (unpaired) electrons. The van der Waals surface area contributed by atoms with Gasteiger partial charge in [0.05, 0.1) is 4.92 Å². The highest BCUT2D eigenvalue weighted by atomic mass is 16.6. The molecule has 0 fully saturated rings. The highest BCUT2D eigenvalue weighted by Gasteiger charge is 2.14. The van der Waals surface area contributed by atoms with E-state index in [9.17, 15) is 14.9 Å². The van der Waals surface area contributed by atoms with Crippen LogP contribution in [0.4, 0.5) is 5.69 Å². The number of nitro benzene ring substituents is 1. The number of amides is 1. The Morgan fingerprint density at radius 3 is 2.74 bits per heavy atom. The molecule has 0 saturated carbocycles. The van der Waals surface area contributed by atoms with Gasteiger partial charge >= 0.3 is 5.69 Å². The van der Waals surface area contributed by atoms with Crippen molar-refractivity contribution in [2.45, 2.75) is 27.0 Å².